The molecule has 2 aromatic carbocycles. The van der Waals surface area contributed by atoms with Crippen LogP contribution in [0.2, 0.25) is 0 Å². The Labute approximate surface area is 178 Å². The summed E-state index contributed by atoms with van der Waals surface area (Å²) in [6.07, 6.45) is 0.922. The first-order valence-corrected chi connectivity index (χ1v) is 10.9. The molecule has 0 saturated carbocycles. The molecule has 0 aliphatic carbocycles. The molecule has 0 spiro atoms. The molecule has 0 fully saturated rings. The van der Waals surface area contributed by atoms with E-state index < -0.39 is 0 Å². The summed E-state index contributed by atoms with van der Waals surface area (Å²) in [5, 5.41) is 14.8. The fourth-order valence-electron chi connectivity index (χ4n) is 2.64. The van der Waals surface area contributed by atoms with Gasteiger partial charge in [0.25, 0.3) is 0 Å². The Balaban J connectivity index is 1.61. The van der Waals surface area contributed by atoms with Crippen LogP contribution in [0, 0.1) is 0 Å². The van der Waals surface area contributed by atoms with Gasteiger partial charge in [0.15, 0.2) is 10.1 Å². The number of rotatable bonds is 8. The maximum Gasteiger partial charge on any atom is 0.237 e. The van der Waals surface area contributed by atoms with Gasteiger partial charge in [-0.3, -0.25) is 9.59 Å². The molecule has 3 aromatic rings. The number of amides is 1. The molecule has 150 valence electrons. The molecule has 0 aliphatic rings. The number of aromatic nitrogens is 2. The highest BCUT2D eigenvalue weighted by atomic mass is 32.2. The van der Waals surface area contributed by atoms with Crippen LogP contribution in [0.4, 0.5) is 16.5 Å². The van der Waals surface area contributed by atoms with Crippen molar-refractivity contribution >= 4 is 51.3 Å². The number of hydrogen-bond acceptors (Lipinski definition) is 7. The van der Waals surface area contributed by atoms with Crippen LogP contribution >= 0.6 is 23.1 Å². The molecular weight excluding hydrogens is 404 g/mol. The van der Waals surface area contributed by atoms with Crippen LogP contribution in [-0.4, -0.2) is 27.1 Å². The topological polar surface area (TPSA) is 84.0 Å². The van der Waals surface area contributed by atoms with Crippen molar-refractivity contribution < 1.29 is 9.59 Å². The minimum absolute atomic E-state index is 0.0398. The maximum absolute atomic E-state index is 12.5. The third-order valence-corrected chi connectivity index (χ3v) is 6.25. The standard InChI is InChI=1S/C21H22N4O2S2/c1-4-15-8-5-6-11-18(15)23-20-24-25-21(29-20)28-14(3)19(27)22-17-10-7-9-16(12-17)13(2)26/h5-12,14H,4H2,1-3H3,(H,22,27)(H,23,24)/t14-/m1/s1. The zero-order valence-corrected chi connectivity index (χ0v) is 18.1. The Morgan fingerprint density at radius 1 is 1.14 bits per heavy atom. The van der Waals surface area contributed by atoms with Crippen LogP contribution in [0.5, 0.6) is 0 Å². The number of nitrogens with zero attached hydrogens (tertiary/aromatic N) is 2. The number of thioether (sulfide) groups is 1. The molecule has 1 amide bonds. The van der Waals surface area contributed by atoms with Gasteiger partial charge in [-0.2, -0.15) is 0 Å². The molecule has 29 heavy (non-hydrogen) atoms. The van der Waals surface area contributed by atoms with Gasteiger partial charge in [0.1, 0.15) is 0 Å². The van der Waals surface area contributed by atoms with E-state index in [-0.39, 0.29) is 16.9 Å². The van der Waals surface area contributed by atoms with Crippen LogP contribution in [0.15, 0.2) is 52.9 Å². The van der Waals surface area contributed by atoms with Crippen LogP contribution in [0.3, 0.4) is 0 Å². The van der Waals surface area contributed by atoms with E-state index in [1.54, 1.807) is 24.3 Å². The van der Waals surface area contributed by atoms with Crippen LogP contribution in [0.25, 0.3) is 0 Å². The number of benzene rings is 2. The average molecular weight is 427 g/mol. The lowest BCUT2D eigenvalue weighted by Crippen LogP contribution is -2.22. The quantitative estimate of drug-likeness (QED) is 0.382. The fourth-order valence-corrected chi connectivity index (χ4v) is 4.55. The SMILES string of the molecule is CCc1ccccc1Nc1nnc(S[C@H](C)C(=O)Nc2cccc(C(C)=O)c2)s1. The highest BCUT2D eigenvalue weighted by molar-refractivity contribution is 8.02. The molecule has 0 bridgehead atoms. The van der Waals surface area contributed by atoms with Crippen molar-refractivity contribution in [2.75, 3.05) is 10.6 Å². The first-order chi connectivity index (χ1) is 14.0. The molecule has 6 nitrogen and oxygen atoms in total. The second-order valence-electron chi connectivity index (χ2n) is 6.40. The molecule has 8 heteroatoms. The summed E-state index contributed by atoms with van der Waals surface area (Å²) in [4.78, 5) is 24.0. The molecule has 1 aromatic heterocycles. The van der Waals surface area contributed by atoms with E-state index in [0.29, 0.717) is 20.7 Å². The zero-order valence-electron chi connectivity index (χ0n) is 16.4. The lowest BCUT2D eigenvalue weighted by Gasteiger charge is -2.11. The van der Waals surface area contributed by atoms with E-state index >= 15 is 0 Å². The summed E-state index contributed by atoms with van der Waals surface area (Å²) >= 11 is 2.76. The number of hydrogen-bond donors (Lipinski definition) is 2. The maximum atomic E-state index is 12.5. The molecule has 1 heterocycles. The number of carbonyl (C=O) groups is 2. The van der Waals surface area contributed by atoms with E-state index in [0.717, 1.165) is 12.1 Å². The van der Waals surface area contributed by atoms with Gasteiger partial charge in [0, 0.05) is 16.9 Å². The van der Waals surface area contributed by atoms with Crippen molar-refractivity contribution in [1.29, 1.82) is 0 Å². The normalized spacial score (nSPS) is 11.7. The minimum Gasteiger partial charge on any atom is -0.330 e. The van der Waals surface area contributed by atoms with Crippen LogP contribution < -0.4 is 10.6 Å². The van der Waals surface area contributed by atoms with Gasteiger partial charge in [-0.05, 0) is 44.0 Å². The second-order valence-corrected chi connectivity index (χ2v) is 8.96. The van der Waals surface area contributed by atoms with Crippen LogP contribution in [-0.2, 0) is 11.2 Å². The lowest BCUT2D eigenvalue weighted by atomic mass is 10.1. The zero-order chi connectivity index (χ0) is 20.8. The molecule has 2 N–H and O–H groups in total. The molecule has 3 rings (SSSR count). The minimum atomic E-state index is -0.361. The first kappa shape index (κ1) is 21.0. The van der Waals surface area contributed by atoms with Gasteiger partial charge >= 0.3 is 0 Å². The molecular formula is C21H22N4O2S2. The number of anilines is 3. The third kappa shape index (κ3) is 5.65. The fraction of sp³-hybridized carbons (Fsp3) is 0.238. The Morgan fingerprint density at radius 3 is 2.69 bits per heavy atom. The summed E-state index contributed by atoms with van der Waals surface area (Å²) in [5.74, 6) is -0.196. The number of para-hydroxylation sites is 1. The van der Waals surface area contributed by atoms with Crippen molar-refractivity contribution in [2.45, 2.75) is 36.8 Å². The Morgan fingerprint density at radius 2 is 1.93 bits per heavy atom. The number of aryl methyl sites for hydroxylation is 1. The van der Waals surface area contributed by atoms with Gasteiger partial charge in [-0.1, -0.05) is 60.4 Å². The van der Waals surface area contributed by atoms with E-state index in [1.165, 1.54) is 35.6 Å². The lowest BCUT2D eigenvalue weighted by molar-refractivity contribution is -0.115. The molecule has 0 radical (unpaired) electrons. The van der Waals surface area contributed by atoms with Gasteiger partial charge in [-0.25, -0.2) is 0 Å². The highest BCUT2D eigenvalue weighted by Gasteiger charge is 2.18. The Hall–Kier alpha value is -2.71. The van der Waals surface area contributed by atoms with Crippen molar-refractivity contribution in [3.05, 3.63) is 59.7 Å². The summed E-state index contributed by atoms with van der Waals surface area (Å²) < 4.78 is 0.710. The summed E-state index contributed by atoms with van der Waals surface area (Å²) in [7, 11) is 0. The van der Waals surface area contributed by atoms with Crippen molar-refractivity contribution in [1.82, 2.24) is 10.2 Å². The van der Waals surface area contributed by atoms with Gasteiger partial charge in [0.05, 0.1) is 5.25 Å². The van der Waals surface area contributed by atoms with E-state index in [2.05, 4.69) is 33.8 Å². The van der Waals surface area contributed by atoms with Crippen LogP contribution in [0.1, 0.15) is 36.7 Å². The van der Waals surface area contributed by atoms with E-state index in [1.807, 2.05) is 25.1 Å². The summed E-state index contributed by atoms with van der Waals surface area (Å²) in [6.45, 7) is 5.42. The van der Waals surface area contributed by atoms with Gasteiger partial charge < -0.3 is 10.6 Å². The van der Waals surface area contributed by atoms with Gasteiger partial charge in [-0.15, -0.1) is 10.2 Å². The summed E-state index contributed by atoms with van der Waals surface area (Å²) in [5.41, 5.74) is 3.39. The highest BCUT2D eigenvalue weighted by Crippen LogP contribution is 2.31. The Kier molecular flexibility index (Phi) is 7.00. The number of nitrogens with one attached hydrogen (secondary N) is 2. The smallest absolute Gasteiger partial charge is 0.237 e. The number of Topliss-reactive ketones (excluding diaryl/α,β-unsaturated/α-hetero) is 1. The van der Waals surface area contributed by atoms with E-state index in [9.17, 15) is 9.59 Å². The predicted molar refractivity (Wildman–Crippen MR) is 119 cm³/mol. The molecule has 0 saturated heterocycles. The Bertz CT molecular complexity index is 1020. The molecule has 0 aliphatic heterocycles. The predicted octanol–water partition coefficient (Wildman–Crippen LogP) is 5.17. The number of ketones is 1. The van der Waals surface area contributed by atoms with Crippen molar-refractivity contribution in [3.8, 4) is 0 Å². The van der Waals surface area contributed by atoms with Crippen molar-refractivity contribution in [2.24, 2.45) is 0 Å². The summed E-state index contributed by atoms with van der Waals surface area (Å²) in [6, 6.07) is 15.0. The van der Waals surface area contributed by atoms with E-state index in [4.69, 9.17) is 0 Å². The largest absolute Gasteiger partial charge is 0.330 e. The van der Waals surface area contributed by atoms with Crippen molar-refractivity contribution in [3.63, 3.8) is 0 Å². The number of carbonyl (C=O) groups excluding carboxylic acids is 2. The first-order valence-electron chi connectivity index (χ1n) is 9.23. The average Bonchev–Trinajstić information content (AvgIpc) is 3.15. The third-order valence-electron chi connectivity index (χ3n) is 4.23. The molecule has 0 unspecified atom stereocenters. The monoisotopic (exact) mass is 426 g/mol. The molecule has 1 atom stereocenters. The second kappa shape index (κ2) is 9.67. The van der Waals surface area contributed by atoms with Gasteiger partial charge in [0.2, 0.25) is 11.0 Å².